The van der Waals surface area contributed by atoms with Gasteiger partial charge in [-0.2, -0.15) is 13.2 Å². The highest BCUT2D eigenvalue weighted by atomic mass is 19.4. The van der Waals surface area contributed by atoms with Gasteiger partial charge in [0.1, 0.15) is 0 Å². The molecule has 0 aromatic heterocycles. The number of rotatable bonds is 4. The molecule has 5 nitrogen and oxygen atoms in total. The first kappa shape index (κ1) is 16.8. The summed E-state index contributed by atoms with van der Waals surface area (Å²) < 4.78 is 37.6. The van der Waals surface area contributed by atoms with Crippen molar-refractivity contribution in [3.8, 4) is 0 Å². The number of hydrogen-bond donors (Lipinski definition) is 4. The van der Waals surface area contributed by atoms with Crippen molar-refractivity contribution in [2.24, 2.45) is 11.1 Å². The molecule has 116 valence electrons. The van der Waals surface area contributed by atoms with Gasteiger partial charge >= 0.3 is 12.2 Å². The first-order valence-electron chi connectivity index (χ1n) is 6.09. The van der Waals surface area contributed by atoms with E-state index in [4.69, 9.17) is 11.1 Å². The third kappa shape index (κ3) is 4.97. The highest BCUT2D eigenvalue weighted by Crippen LogP contribution is 2.30. The minimum absolute atomic E-state index is 0.0305. The maximum absolute atomic E-state index is 12.5. The summed E-state index contributed by atoms with van der Waals surface area (Å²) in [7, 11) is 0. The summed E-state index contributed by atoms with van der Waals surface area (Å²) in [6, 6.07) is 3.66. The molecule has 0 spiro atoms. The Hall–Kier alpha value is -2.25. The minimum atomic E-state index is -4.47. The minimum Gasteiger partial charge on any atom is -0.387 e. The van der Waals surface area contributed by atoms with Crippen molar-refractivity contribution < 1.29 is 18.0 Å². The Balaban J connectivity index is 2.66. The van der Waals surface area contributed by atoms with Crippen molar-refractivity contribution in [1.82, 2.24) is 5.32 Å². The summed E-state index contributed by atoms with van der Waals surface area (Å²) in [5.41, 5.74) is 3.82. The Kier molecular flexibility index (Phi) is 4.82. The molecule has 0 fully saturated rings. The summed E-state index contributed by atoms with van der Waals surface area (Å²) in [5, 5.41) is 12.1. The van der Waals surface area contributed by atoms with E-state index in [1.807, 2.05) is 0 Å². The lowest BCUT2D eigenvalue weighted by molar-refractivity contribution is -0.137. The van der Waals surface area contributed by atoms with Gasteiger partial charge in [0.05, 0.1) is 11.4 Å². The Morgan fingerprint density at radius 1 is 1.33 bits per heavy atom. The van der Waals surface area contributed by atoms with Gasteiger partial charge in [-0.05, 0) is 18.2 Å². The van der Waals surface area contributed by atoms with Gasteiger partial charge in [0.15, 0.2) is 0 Å². The summed E-state index contributed by atoms with van der Waals surface area (Å²) in [5.74, 6) is -0.0955. The molecule has 0 unspecified atom stereocenters. The molecule has 0 radical (unpaired) electrons. The molecule has 1 aromatic rings. The van der Waals surface area contributed by atoms with Gasteiger partial charge in [0.2, 0.25) is 0 Å². The second-order valence-electron chi connectivity index (χ2n) is 5.18. The van der Waals surface area contributed by atoms with E-state index in [9.17, 15) is 18.0 Å². The Bertz CT molecular complexity index is 540. The van der Waals surface area contributed by atoms with Crippen molar-refractivity contribution in [2.75, 3.05) is 11.9 Å². The van der Waals surface area contributed by atoms with Crippen LogP contribution in [0, 0.1) is 10.8 Å². The van der Waals surface area contributed by atoms with E-state index < -0.39 is 23.2 Å². The van der Waals surface area contributed by atoms with E-state index in [1.54, 1.807) is 13.8 Å². The first-order chi connectivity index (χ1) is 9.52. The molecule has 2 amide bonds. The van der Waals surface area contributed by atoms with E-state index >= 15 is 0 Å². The first-order valence-corrected chi connectivity index (χ1v) is 6.09. The zero-order valence-corrected chi connectivity index (χ0v) is 11.6. The highest BCUT2D eigenvalue weighted by molar-refractivity contribution is 5.90. The molecule has 0 atom stereocenters. The standard InChI is InChI=1S/C13H17F3N4O/c1-12(2,10(17)18)7-19-11(21)20-9-5-3-4-8(6-9)13(14,15)16/h3-6H,7H2,1-2H3,(H3,17,18)(H2,19,20,21). The van der Waals surface area contributed by atoms with Crippen LogP contribution in [0.2, 0.25) is 0 Å². The molecule has 1 rings (SSSR count). The molecule has 5 N–H and O–H groups in total. The van der Waals surface area contributed by atoms with Crippen LogP contribution in [0.3, 0.4) is 0 Å². The average molecular weight is 302 g/mol. The highest BCUT2D eigenvalue weighted by Gasteiger charge is 2.30. The third-order valence-corrected chi connectivity index (χ3v) is 2.87. The van der Waals surface area contributed by atoms with E-state index in [-0.39, 0.29) is 18.1 Å². The second kappa shape index (κ2) is 6.02. The average Bonchev–Trinajstić information content (AvgIpc) is 2.35. The van der Waals surface area contributed by atoms with Crippen molar-refractivity contribution in [3.05, 3.63) is 29.8 Å². The monoisotopic (exact) mass is 302 g/mol. The number of carbonyl (C=O) groups is 1. The van der Waals surface area contributed by atoms with E-state index in [1.165, 1.54) is 12.1 Å². The fourth-order valence-corrected chi connectivity index (χ4v) is 1.35. The SMILES string of the molecule is CC(C)(CNC(=O)Nc1cccc(C(F)(F)F)c1)C(=N)N. The van der Waals surface area contributed by atoms with Gasteiger partial charge < -0.3 is 16.4 Å². The number of carbonyl (C=O) groups excluding carboxylic acids is 1. The van der Waals surface area contributed by atoms with Gasteiger partial charge in [-0.25, -0.2) is 4.79 Å². The van der Waals surface area contributed by atoms with Gasteiger partial charge in [-0.1, -0.05) is 19.9 Å². The predicted molar refractivity (Wildman–Crippen MR) is 74.2 cm³/mol. The van der Waals surface area contributed by atoms with Crippen LogP contribution < -0.4 is 16.4 Å². The van der Waals surface area contributed by atoms with Crippen LogP contribution in [-0.4, -0.2) is 18.4 Å². The van der Waals surface area contributed by atoms with Crippen LogP contribution in [0.1, 0.15) is 19.4 Å². The second-order valence-corrected chi connectivity index (χ2v) is 5.18. The number of urea groups is 1. The molecule has 0 aliphatic carbocycles. The number of alkyl halides is 3. The number of hydrogen-bond acceptors (Lipinski definition) is 2. The van der Waals surface area contributed by atoms with Crippen LogP contribution in [0.5, 0.6) is 0 Å². The molecule has 21 heavy (non-hydrogen) atoms. The third-order valence-electron chi connectivity index (χ3n) is 2.87. The lowest BCUT2D eigenvalue weighted by Gasteiger charge is -2.23. The van der Waals surface area contributed by atoms with E-state index in [2.05, 4.69) is 10.6 Å². The fraction of sp³-hybridized carbons (Fsp3) is 0.385. The number of amides is 2. The van der Waals surface area contributed by atoms with Crippen LogP contribution in [-0.2, 0) is 6.18 Å². The van der Waals surface area contributed by atoms with E-state index in [0.29, 0.717) is 0 Å². The molecule has 0 heterocycles. The van der Waals surface area contributed by atoms with Gasteiger partial charge in [-0.3, -0.25) is 5.41 Å². The molecule has 8 heteroatoms. The topological polar surface area (TPSA) is 91.0 Å². The molecular weight excluding hydrogens is 285 g/mol. The molecule has 0 aliphatic rings. The number of benzene rings is 1. The quantitative estimate of drug-likeness (QED) is 0.509. The molecule has 0 saturated carbocycles. The van der Waals surface area contributed by atoms with Crippen molar-refractivity contribution in [3.63, 3.8) is 0 Å². The summed E-state index contributed by atoms with van der Waals surface area (Å²) in [6.45, 7) is 3.42. The van der Waals surface area contributed by atoms with E-state index in [0.717, 1.165) is 12.1 Å². The fourth-order valence-electron chi connectivity index (χ4n) is 1.35. The lowest BCUT2D eigenvalue weighted by Crippen LogP contribution is -2.43. The molecule has 1 aromatic carbocycles. The summed E-state index contributed by atoms with van der Waals surface area (Å²) in [4.78, 5) is 11.6. The zero-order valence-electron chi connectivity index (χ0n) is 11.6. The predicted octanol–water partition coefficient (Wildman–Crippen LogP) is 2.79. The van der Waals surface area contributed by atoms with Crippen LogP contribution in [0.4, 0.5) is 23.7 Å². The largest absolute Gasteiger partial charge is 0.416 e. The molecule has 0 saturated heterocycles. The van der Waals surface area contributed by atoms with Crippen molar-refractivity contribution in [2.45, 2.75) is 20.0 Å². The van der Waals surface area contributed by atoms with Gasteiger partial charge in [0, 0.05) is 17.6 Å². The molecule has 0 aliphatic heterocycles. The number of nitrogens with two attached hydrogens (primary N) is 1. The maximum Gasteiger partial charge on any atom is 0.416 e. The normalized spacial score (nSPS) is 11.9. The number of halogens is 3. The molecular formula is C13H17F3N4O. The van der Waals surface area contributed by atoms with Gasteiger partial charge in [0.25, 0.3) is 0 Å². The zero-order chi connectivity index (χ0) is 16.3. The Morgan fingerprint density at radius 3 is 2.48 bits per heavy atom. The van der Waals surface area contributed by atoms with Crippen molar-refractivity contribution in [1.29, 1.82) is 5.41 Å². The maximum atomic E-state index is 12.5. The van der Waals surface area contributed by atoms with Crippen LogP contribution in [0.15, 0.2) is 24.3 Å². The molecule has 0 bridgehead atoms. The number of anilines is 1. The Labute approximate surface area is 120 Å². The summed E-state index contributed by atoms with van der Waals surface area (Å²) >= 11 is 0. The van der Waals surface area contributed by atoms with Crippen LogP contribution >= 0.6 is 0 Å². The Morgan fingerprint density at radius 2 is 1.95 bits per heavy atom. The summed E-state index contributed by atoms with van der Waals surface area (Å²) in [6.07, 6.45) is -4.47. The van der Waals surface area contributed by atoms with Crippen molar-refractivity contribution >= 4 is 17.6 Å². The lowest BCUT2D eigenvalue weighted by atomic mass is 9.92. The van der Waals surface area contributed by atoms with Crippen LogP contribution in [0.25, 0.3) is 0 Å². The number of nitrogens with one attached hydrogen (secondary N) is 3. The van der Waals surface area contributed by atoms with Gasteiger partial charge in [-0.15, -0.1) is 0 Å². The number of amidine groups is 1. The smallest absolute Gasteiger partial charge is 0.387 e.